The zero-order chi connectivity index (χ0) is 21.0. The maximum absolute atomic E-state index is 12.0. The second-order valence-corrected chi connectivity index (χ2v) is 7.57. The summed E-state index contributed by atoms with van der Waals surface area (Å²) in [6.45, 7) is 7.84. The van der Waals surface area contributed by atoms with E-state index in [-0.39, 0.29) is 17.5 Å². The third-order valence-electron chi connectivity index (χ3n) is 5.45. The van der Waals surface area contributed by atoms with Gasteiger partial charge in [-0.2, -0.15) is 5.10 Å². The van der Waals surface area contributed by atoms with Crippen molar-refractivity contribution in [2.45, 2.75) is 64.3 Å². The average Bonchev–Trinajstić information content (AvgIpc) is 3.22. The number of carbonyl (C=O) groups is 1. The number of ether oxygens (including phenoxy) is 3. The molecule has 2 aromatic heterocycles. The third kappa shape index (κ3) is 4.08. The van der Waals surface area contributed by atoms with Crippen molar-refractivity contribution in [2.75, 3.05) is 25.6 Å². The summed E-state index contributed by atoms with van der Waals surface area (Å²) >= 11 is 0. The molecule has 4 N–H and O–H groups in total. The monoisotopic (exact) mass is 405 g/mol. The SMILES string of the molecule is CCCCO[C@@H]1CO[C@@H](c2cc(C(N)=O)c3c(N)ncnn23)[C@]1(C)OCCCC. The lowest BCUT2D eigenvalue weighted by molar-refractivity contribution is -0.135. The van der Waals surface area contributed by atoms with E-state index >= 15 is 0 Å². The Balaban J connectivity index is 2.01. The van der Waals surface area contributed by atoms with Gasteiger partial charge in [-0.25, -0.2) is 9.50 Å². The van der Waals surface area contributed by atoms with Crippen LogP contribution in [0.15, 0.2) is 12.4 Å². The minimum Gasteiger partial charge on any atom is -0.382 e. The Morgan fingerprint density at radius 2 is 2.07 bits per heavy atom. The van der Waals surface area contributed by atoms with Gasteiger partial charge in [0, 0.05) is 13.2 Å². The maximum atomic E-state index is 12.0. The number of nitrogens with zero attached hydrogens (tertiary/aromatic N) is 3. The van der Waals surface area contributed by atoms with Crippen LogP contribution in [0.2, 0.25) is 0 Å². The molecule has 0 radical (unpaired) electrons. The summed E-state index contributed by atoms with van der Waals surface area (Å²) in [6, 6.07) is 1.67. The summed E-state index contributed by atoms with van der Waals surface area (Å²) in [5.41, 5.74) is 12.1. The van der Waals surface area contributed by atoms with Gasteiger partial charge in [-0.15, -0.1) is 0 Å². The van der Waals surface area contributed by atoms with Crippen molar-refractivity contribution >= 4 is 17.2 Å². The van der Waals surface area contributed by atoms with Gasteiger partial charge in [-0.05, 0) is 25.8 Å². The number of anilines is 1. The van der Waals surface area contributed by atoms with E-state index in [1.165, 1.54) is 6.33 Å². The molecule has 9 heteroatoms. The van der Waals surface area contributed by atoms with E-state index < -0.39 is 17.6 Å². The number of unbranched alkanes of at least 4 members (excludes halogenated alkanes) is 2. The summed E-state index contributed by atoms with van der Waals surface area (Å²) in [6.07, 6.45) is 4.57. The van der Waals surface area contributed by atoms with Crippen LogP contribution < -0.4 is 11.5 Å². The van der Waals surface area contributed by atoms with Gasteiger partial charge in [0.05, 0.1) is 17.9 Å². The predicted octanol–water partition coefficient (Wildman–Crippen LogP) is 2.24. The molecule has 3 atom stereocenters. The lowest BCUT2D eigenvalue weighted by atomic mass is 9.92. The Morgan fingerprint density at radius 3 is 2.76 bits per heavy atom. The number of rotatable bonds is 10. The molecule has 1 saturated heterocycles. The number of fused-ring (bicyclic) bond motifs is 1. The molecule has 3 rings (SSSR count). The molecule has 9 nitrogen and oxygen atoms in total. The highest BCUT2D eigenvalue weighted by atomic mass is 16.6. The first-order valence-corrected chi connectivity index (χ1v) is 10.2. The van der Waals surface area contributed by atoms with Crippen LogP contribution in [0.3, 0.4) is 0 Å². The largest absolute Gasteiger partial charge is 0.382 e. The van der Waals surface area contributed by atoms with Crippen molar-refractivity contribution in [2.24, 2.45) is 5.73 Å². The van der Waals surface area contributed by atoms with Crippen LogP contribution in [0.25, 0.3) is 5.52 Å². The van der Waals surface area contributed by atoms with Crippen LogP contribution in [0.1, 0.15) is 68.6 Å². The highest BCUT2D eigenvalue weighted by molar-refractivity contribution is 6.02. The minimum absolute atomic E-state index is 0.183. The van der Waals surface area contributed by atoms with E-state index in [2.05, 4.69) is 23.9 Å². The maximum Gasteiger partial charge on any atom is 0.251 e. The Hall–Kier alpha value is -2.23. The smallest absolute Gasteiger partial charge is 0.251 e. The van der Waals surface area contributed by atoms with Gasteiger partial charge in [0.15, 0.2) is 5.82 Å². The minimum atomic E-state index is -0.744. The number of carbonyl (C=O) groups excluding carboxylic acids is 1. The Kier molecular flexibility index (Phi) is 6.71. The van der Waals surface area contributed by atoms with Crippen molar-refractivity contribution in [3.63, 3.8) is 0 Å². The van der Waals surface area contributed by atoms with Gasteiger partial charge in [0.1, 0.15) is 29.7 Å². The molecular formula is C20H31N5O4. The molecular weight excluding hydrogens is 374 g/mol. The molecule has 1 aliphatic rings. The van der Waals surface area contributed by atoms with Crippen molar-refractivity contribution in [3.05, 3.63) is 23.7 Å². The summed E-state index contributed by atoms with van der Waals surface area (Å²) in [4.78, 5) is 16.0. The number of primary amides is 1. The lowest BCUT2D eigenvalue weighted by Crippen LogP contribution is -2.45. The van der Waals surface area contributed by atoms with E-state index in [0.717, 1.165) is 25.7 Å². The van der Waals surface area contributed by atoms with Crippen LogP contribution >= 0.6 is 0 Å². The second kappa shape index (κ2) is 9.06. The molecule has 0 spiro atoms. The van der Waals surface area contributed by atoms with E-state index in [1.54, 1.807) is 10.6 Å². The first-order chi connectivity index (χ1) is 13.9. The van der Waals surface area contributed by atoms with E-state index in [1.807, 2.05) is 6.92 Å². The normalized spacial score (nSPS) is 24.4. The van der Waals surface area contributed by atoms with E-state index in [0.29, 0.717) is 31.0 Å². The van der Waals surface area contributed by atoms with Gasteiger partial charge < -0.3 is 25.7 Å². The molecule has 0 aliphatic carbocycles. The number of aromatic nitrogens is 3. The Bertz CT molecular complexity index is 855. The zero-order valence-electron chi connectivity index (χ0n) is 17.4. The second-order valence-electron chi connectivity index (χ2n) is 7.57. The number of nitrogens with two attached hydrogens (primary N) is 2. The zero-order valence-corrected chi connectivity index (χ0v) is 17.4. The fourth-order valence-corrected chi connectivity index (χ4v) is 3.72. The average molecular weight is 405 g/mol. The van der Waals surface area contributed by atoms with Gasteiger partial charge in [0.25, 0.3) is 5.91 Å². The molecule has 29 heavy (non-hydrogen) atoms. The summed E-state index contributed by atoms with van der Waals surface area (Å²) in [5.74, 6) is -0.417. The lowest BCUT2D eigenvalue weighted by Gasteiger charge is -2.34. The fourth-order valence-electron chi connectivity index (χ4n) is 3.72. The van der Waals surface area contributed by atoms with Crippen LogP contribution in [-0.4, -0.2) is 52.0 Å². The number of amides is 1. The Morgan fingerprint density at radius 1 is 1.34 bits per heavy atom. The predicted molar refractivity (Wildman–Crippen MR) is 109 cm³/mol. The third-order valence-corrected chi connectivity index (χ3v) is 5.45. The van der Waals surface area contributed by atoms with Crippen LogP contribution in [-0.2, 0) is 14.2 Å². The van der Waals surface area contributed by atoms with Crippen molar-refractivity contribution in [1.82, 2.24) is 14.6 Å². The molecule has 160 valence electrons. The molecule has 0 aromatic carbocycles. The molecule has 0 saturated carbocycles. The van der Waals surface area contributed by atoms with Gasteiger partial charge in [0.2, 0.25) is 0 Å². The fraction of sp³-hybridized carbons (Fsp3) is 0.650. The van der Waals surface area contributed by atoms with Crippen LogP contribution in [0, 0.1) is 0 Å². The summed E-state index contributed by atoms with van der Waals surface area (Å²) in [7, 11) is 0. The summed E-state index contributed by atoms with van der Waals surface area (Å²) < 4.78 is 20.2. The number of nitrogen functional groups attached to an aromatic ring is 1. The molecule has 2 aromatic rings. The molecule has 0 bridgehead atoms. The highest BCUT2D eigenvalue weighted by Gasteiger charge is 2.52. The first-order valence-electron chi connectivity index (χ1n) is 10.2. The van der Waals surface area contributed by atoms with Gasteiger partial charge in [-0.1, -0.05) is 26.7 Å². The van der Waals surface area contributed by atoms with Crippen molar-refractivity contribution in [3.8, 4) is 0 Å². The van der Waals surface area contributed by atoms with Crippen LogP contribution in [0.4, 0.5) is 5.82 Å². The standard InChI is InChI=1S/C20H31N5O4/c1-4-6-8-27-15-11-28-17(20(15,3)29-9-7-5-2)14-10-13(19(22)26)16-18(21)23-12-24-25(14)16/h10,12,15,17H,4-9,11H2,1-3H3,(H2,22,26)(H2,21,23,24)/t15-,17+,20-/m1/s1. The molecule has 0 unspecified atom stereocenters. The molecule has 1 fully saturated rings. The topological polar surface area (TPSA) is 127 Å². The molecule has 1 aliphatic heterocycles. The van der Waals surface area contributed by atoms with E-state index in [4.69, 9.17) is 25.7 Å². The quantitative estimate of drug-likeness (QED) is 0.580. The summed E-state index contributed by atoms with van der Waals surface area (Å²) in [5, 5.41) is 4.29. The number of hydrogen-bond donors (Lipinski definition) is 2. The van der Waals surface area contributed by atoms with Gasteiger partial charge in [-0.3, -0.25) is 4.79 Å². The first kappa shape index (κ1) is 21.5. The van der Waals surface area contributed by atoms with Crippen molar-refractivity contribution in [1.29, 1.82) is 0 Å². The molecule has 1 amide bonds. The van der Waals surface area contributed by atoms with Gasteiger partial charge >= 0.3 is 0 Å². The Labute approximate surface area is 170 Å². The molecule has 3 heterocycles. The number of hydrogen-bond acceptors (Lipinski definition) is 7. The highest BCUT2D eigenvalue weighted by Crippen LogP contribution is 2.43. The van der Waals surface area contributed by atoms with E-state index in [9.17, 15) is 4.79 Å². The van der Waals surface area contributed by atoms with Crippen LogP contribution in [0.5, 0.6) is 0 Å². The van der Waals surface area contributed by atoms with Crippen molar-refractivity contribution < 1.29 is 19.0 Å².